The van der Waals surface area contributed by atoms with Gasteiger partial charge in [-0.1, -0.05) is 17.7 Å². The van der Waals surface area contributed by atoms with Crippen LogP contribution in [0.5, 0.6) is 5.75 Å². The van der Waals surface area contributed by atoms with Gasteiger partial charge in [0.25, 0.3) is 17.5 Å². The summed E-state index contributed by atoms with van der Waals surface area (Å²) in [6, 6.07) is 10.1. The van der Waals surface area contributed by atoms with E-state index in [0.717, 1.165) is 11.6 Å². The minimum Gasteiger partial charge on any atom is -0.481 e. The van der Waals surface area contributed by atoms with Crippen LogP contribution < -0.4 is 15.6 Å². The fraction of sp³-hybridized carbons (Fsp3) is 0.176. The lowest BCUT2D eigenvalue weighted by Crippen LogP contribution is -2.47. The molecule has 2 N–H and O–H groups in total. The highest BCUT2D eigenvalue weighted by Gasteiger charge is 2.17. The van der Waals surface area contributed by atoms with Crippen LogP contribution in [-0.2, 0) is 4.79 Å². The van der Waals surface area contributed by atoms with Gasteiger partial charge in [-0.25, -0.2) is 0 Å². The lowest BCUT2D eigenvalue weighted by molar-refractivity contribution is -0.384. The van der Waals surface area contributed by atoms with Crippen LogP contribution >= 0.6 is 11.6 Å². The summed E-state index contributed by atoms with van der Waals surface area (Å²) in [6.45, 7) is 3.30. The Morgan fingerprint density at radius 3 is 2.58 bits per heavy atom. The topological polar surface area (TPSA) is 111 Å². The van der Waals surface area contributed by atoms with Crippen molar-refractivity contribution in [1.82, 2.24) is 10.9 Å². The highest BCUT2D eigenvalue weighted by Crippen LogP contribution is 2.22. The number of nitrogens with zero attached hydrogens (tertiary/aromatic N) is 1. The Labute approximate surface area is 154 Å². The van der Waals surface area contributed by atoms with Gasteiger partial charge in [0, 0.05) is 22.7 Å². The van der Waals surface area contributed by atoms with E-state index in [-0.39, 0.29) is 11.3 Å². The number of hydrogen-bond donors (Lipinski definition) is 2. The Morgan fingerprint density at radius 2 is 1.92 bits per heavy atom. The largest absolute Gasteiger partial charge is 0.481 e. The van der Waals surface area contributed by atoms with E-state index in [4.69, 9.17) is 16.3 Å². The number of ether oxygens (including phenoxy) is 1. The fourth-order valence-electron chi connectivity index (χ4n) is 2.04. The van der Waals surface area contributed by atoms with E-state index in [2.05, 4.69) is 10.9 Å². The molecule has 0 aliphatic carbocycles. The van der Waals surface area contributed by atoms with Gasteiger partial charge in [0.1, 0.15) is 5.75 Å². The number of halogens is 1. The standard InChI is InChI=1S/C17H16ClN3O5/c1-10-8-13(18)6-7-15(10)26-11(2)16(22)19-20-17(23)12-4-3-5-14(9-12)21(24)25/h3-9,11H,1-2H3,(H,19,22)(H,20,23)/t11-/m0/s1. The van der Waals surface area contributed by atoms with Gasteiger partial charge in [0.05, 0.1) is 4.92 Å². The van der Waals surface area contributed by atoms with Crippen molar-refractivity contribution in [3.63, 3.8) is 0 Å². The van der Waals surface area contributed by atoms with Gasteiger partial charge in [0.2, 0.25) is 0 Å². The van der Waals surface area contributed by atoms with Crippen LogP contribution in [0, 0.1) is 17.0 Å². The number of hydrogen-bond acceptors (Lipinski definition) is 5. The molecule has 9 heteroatoms. The van der Waals surface area contributed by atoms with Crippen LogP contribution in [0.4, 0.5) is 5.69 Å². The van der Waals surface area contributed by atoms with Gasteiger partial charge in [-0.05, 0) is 43.7 Å². The molecule has 8 nitrogen and oxygen atoms in total. The second-order valence-electron chi connectivity index (χ2n) is 5.42. The van der Waals surface area contributed by atoms with Gasteiger partial charge in [-0.2, -0.15) is 0 Å². The van der Waals surface area contributed by atoms with Crippen molar-refractivity contribution in [2.45, 2.75) is 20.0 Å². The normalized spacial score (nSPS) is 11.3. The summed E-state index contributed by atoms with van der Waals surface area (Å²) in [7, 11) is 0. The zero-order chi connectivity index (χ0) is 19.3. The average molecular weight is 378 g/mol. The molecule has 136 valence electrons. The van der Waals surface area contributed by atoms with Crippen LogP contribution in [0.15, 0.2) is 42.5 Å². The molecule has 0 aromatic heterocycles. The Bertz CT molecular complexity index is 856. The number of rotatable bonds is 5. The predicted octanol–water partition coefficient (Wildman–Crippen LogP) is 2.79. The van der Waals surface area contributed by atoms with Crippen molar-refractivity contribution in [2.24, 2.45) is 0 Å². The first-order valence-electron chi connectivity index (χ1n) is 7.55. The highest BCUT2D eigenvalue weighted by atomic mass is 35.5. The van der Waals surface area contributed by atoms with E-state index in [0.29, 0.717) is 10.8 Å². The Kier molecular flexibility index (Phi) is 6.13. The quantitative estimate of drug-likeness (QED) is 0.614. The number of nitro groups is 1. The predicted molar refractivity (Wildman–Crippen MR) is 95.0 cm³/mol. The third-order valence-electron chi connectivity index (χ3n) is 3.43. The van der Waals surface area contributed by atoms with Crippen LogP contribution in [0.3, 0.4) is 0 Å². The Balaban J connectivity index is 1.94. The Hall–Kier alpha value is -3.13. The first-order valence-corrected chi connectivity index (χ1v) is 7.93. The number of non-ortho nitro benzene ring substituents is 1. The van der Waals surface area contributed by atoms with Crippen LogP contribution in [0.2, 0.25) is 5.02 Å². The molecule has 2 amide bonds. The van der Waals surface area contributed by atoms with Crippen molar-refractivity contribution in [3.05, 3.63) is 68.7 Å². The third kappa shape index (κ3) is 4.93. The number of nitrogens with one attached hydrogen (secondary N) is 2. The minimum atomic E-state index is -0.889. The van der Waals surface area contributed by atoms with Gasteiger partial charge in [0.15, 0.2) is 6.10 Å². The molecule has 0 aliphatic rings. The Morgan fingerprint density at radius 1 is 1.19 bits per heavy atom. The summed E-state index contributed by atoms with van der Waals surface area (Å²) >= 11 is 5.87. The van der Waals surface area contributed by atoms with E-state index < -0.39 is 22.8 Å². The van der Waals surface area contributed by atoms with Gasteiger partial charge >= 0.3 is 0 Å². The van der Waals surface area contributed by atoms with Crippen molar-refractivity contribution in [3.8, 4) is 5.75 Å². The van der Waals surface area contributed by atoms with Gasteiger partial charge in [-0.3, -0.25) is 30.6 Å². The molecule has 1 atom stereocenters. The molecule has 0 saturated heterocycles. The number of nitro benzene ring substituents is 1. The van der Waals surface area contributed by atoms with E-state index in [9.17, 15) is 19.7 Å². The smallest absolute Gasteiger partial charge is 0.279 e. The fourth-order valence-corrected chi connectivity index (χ4v) is 2.27. The second kappa shape index (κ2) is 8.30. The molecule has 0 bridgehead atoms. The average Bonchev–Trinajstić information content (AvgIpc) is 2.61. The third-order valence-corrected chi connectivity index (χ3v) is 3.66. The summed E-state index contributed by atoms with van der Waals surface area (Å²) in [4.78, 5) is 34.2. The molecule has 26 heavy (non-hydrogen) atoms. The summed E-state index contributed by atoms with van der Waals surface area (Å²) < 4.78 is 5.54. The number of benzene rings is 2. The van der Waals surface area contributed by atoms with Crippen LogP contribution in [0.1, 0.15) is 22.8 Å². The number of carbonyl (C=O) groups is 2. The van der Waals surface area contributed by atoms with E-state index in [1.54, 1.807) is 25.1 Å². The monoisotopic (exact) mass is 377 g/mol. The highest BCUT2D eigenvalue weighted by molar-refractivity contribution is 6.30. The first-order chi connectivity index (χ1) is 12.3. The summed E-state index contributed by atoms with van der Waals surface area (Å²) in [5, 5.41) is 11.3. The SMILES string of the molecule is Cc1cc(Cl)ccc1O[C@@H](C)C(=O)NNC(=O)c1cccc([N+](=O)[O-])c1. The van der Waals surface area contributed by atoms with Crippen LogP contribution in [0.25, 0.3) is 0 Å². The molecule has 0 fully saturated rings. The van der Waals surface area contributed by atoms with Crippen molar-refractivity contribution in [2.75, 3.05) is 0 Å². The summed E-state index contributed by atoms with van der Waals surface area (Å²) in [6.07, 6.45) is -0.889. The first kappa shape index (κ1) is 19.2. The molecule has 0 heterocycles. The second-order valence-corrected chi connectivity index (χ2v) is 5.86. The maximum Gasteiger partial charge on any atom is 0.279 e. The van der Waals surface area contributed by atoms with E-state index in [1.165, 1.54) is 25.1 Å². The van der Waals surface area contributed by atoms with Gasteiger partial charge < -0.3 is 4.74 Å². The lowest BCUT2D eigenvalue weighted by Gasteiger charge is -2.16. The number of carbonyl (C=O) groups excluding carboxylic acids is 2. The lowest BCUT2D eigenvalue weighted by atomic mass is 10.2. The summed E-state index contributed by atoms with van der Waals surface area (Å²) in [5.41, 5.74) is 5.00. The molecule has 0 aliphatic heterocycles. The van der Waals surface area contributed by atoms with E-state index in [1.807, 2.05) is 0 Å². The maximum absolute atomic E-state index is 12.1. The molecule has 2 rings (SSSR count). The van der Waals surface area contributed by atoms with Crippen molar-refractivity contribution in [1.29, 1.82) is 0 Å². The summed E-state index contributed by atoms with van der Waals surface area (Å²) in [5.74, 6) is -0.780. The van der Waals surface area contributed by atoms with Gasteiger partial charge in [-0.15, -0.1) is 0 Å². The maximum atomic E-state index is 12.1. The number of amides is 2. The van der Waals surface area contributed by atoms with Crippen LogP contribution in [-0.4, -0.2) is 22.8 Å². The number of hydrazine groups is 1. The molecule has 0 unspecified atom stereocenters. The molecule has 0 saturated carbocycles. The molecular weight excluding hydrogens is 362 g/mol. The molecule has 2 aromatic carbocycles. The number of aryl methyl sites for hydroxylation is 1. The molecule has 0 spiro atoms. The molecular formula is C17H16ClN3O5. The van der Waals surface area contributed by atoms with Crippen molar-refractivity contribution >= 4 is 29.1 Å². The zero-order valence-corrected chi connectivity index (χ0v) is 14.7. The minimum absolute atomic E-state index is 0.0432. The van der Waals surface area contributed by atoms with Crippen molar-refractivity contribution < 1.29 is 19.2 Å². The molecule has 0 radical (unpaired) electrons. The van der Waals surface area contributed by atoms with E-state index >= 15 is 0 Å². The zero-order valence-electron chi connectivity index (χ0n) is 14.0. The molecule has 2 aromatic rings.